The fourth-order valence-electron chi connectivity index (χ4n) is 4.02. The van der Waals surface area contributed by atoms with Crippen molar-refractivity contribution in [3.63, 3.8) is 0 Å². The van der Waals surface area contributed by atoms with Gasteiger partial charge in [0.1, 0.15) is 0 Å². The average Bonchev–Trinajstić information content (AvgIpc) is 2.70. The molecule has 4 rings (SSSR count). The normalized spacial score (nSPS) is 19.7. The maximum atomic E-state index is 13.1. The van der Waals surface area contributed by atoms with E-state index in [1.54, 1.807) is 12.1 Å². The fraction of sp³-hybridized carbons (Fsp3) is 0.304. The lowest BCUT2D eigenvalue weighted by Crippen LogP contribution is -2.41. The van der Waals surface area contributed by atoms with Crippen LogP contribution in [0, 0.1) is 5.92 Å². The Balaban J connectivity index is 1.84. The van der Waals surface area contributed by atoms with E-state index >= 15 is 0 Å². The van der Waals surface area contributed by atoms with Crippen molar-refractivity contribution in [3.05, 3.63) is 70.8 Å². The van der Waals surface area contributed by atoms with Gasteiger partial charge in [-0.1, -0.05) is 68.3 Å². The summed E-state index contributed by atoms with van der Waals surface area (Å²) in [4.78, 5) is 25.6. The van der Waals surface area contributed by atoms with Gasteiger partial charge in [-0.15, -0.1) is 0 Å². The van der Waals surface area contributed by atoms with Crippen LogP contribution in [0.15, 0.2) is 63.8 Å². The van der Waals surface area contributed by atoms with E-state index in [0.717, 1.165) is 30.2 Å². The third-order valence-corrected chi connectivity index (χ3v) is 5.53. The standard InChI is InChI=1S/C23H23NO3/c1-15-9-5-8-14-19(15)24-22(25)21-20(16-10-3-2-4-11-16)17-12-6-7-13-18(17)23(26)27-21/h2-4,6-7,10-13,15,19H,5,8-9,14H2,1H3,(H,24,25)/t15-,19-/m0/s1. The summed E-state index contributed by atoms with van der Waals surface area (Å²) in [5.41, 5.74) is 1.05. The summed E-state index contributed by atoms with van der Waals surface area (Å²) < 4.78 is 5.55. The second-order valence-corrected chi connectivity index (χ2v) is 7.35. The predicted molar refractivity (Wildman–Crippen MR) is 107 cm³/mol. The molecule has 0 saturated heterocycles. The van der Waals surface area contributed by atoms with Gasteiger partial charge in [-0.25, -0.2) is 4.79 Å². The first-order chi connectivity index (χ1) is 13.1. The number of amides is 1. The molecule has 2 atom stereocenters. The number of carbonyl (C=O) groups is 1. The number of carbonyl (C=O) groups excluding carboxylic acids is 1. The van der Waals surface area contributed by atoms with E-state index in [1.807, 2.05) is 42.5 Å². The number of fused-ring (bicyclic) bond motifs is 1. The van der Waals surface area contributed by atoms with Crippen LogP contribution < -0.4 is 10.9 Å². The lowest BCUT2D eigenvalue weighted by molar-refractivity contribution is 0.0879. The van der Waals surface area contributed by atoms with E-state index in [-0.39, 0.29) is 17.7 Å². The number of hydrogen-bond donors (Lipinski definition) is 1. The van der Waals surface area contributed by atoms with E-state index in [4.69, 9.17) is 4.42 Å². The average molecular weight is 361 g/mol. The SMILES string of the molecule is C[C@H]1CCCC[C@@H]1NC(=O)c1oc(=O)c2ccccc2c1-c1ccccc1. The number of nitrogens with one attached hydrogen (secondary N) is 1. The van der Waals surface area contributed by atoms with Crippen LogP contribution in [0.4, 0.5) is 0 Å². The molecule has 1 fully saturated rings. The first-order valence-electron chi connectivity index (χ1n) is 9.57. The van der Waals surface area contributed by atoms with Gasteiger partial charge in [0.2, 0.25) is 5.76 Å². The van der Waals surface area contributed by atoms with Gasteiger partial charge >= 0.3 is 5.63 Å². The van der Waals surface area contributed by atoms with E-state index in [2.05, 4.69) is 12.2 Å². The number of rotatable bonds is 3. The summed E-state index contributed by atoms with van der Waals surface area (Å²) in [5, 5.41) is 4.34. The van der Waals surface area contributed by atoms with Crippen LogP contribution in [0.1, 0.15) is 43.2 Å². The van der Waals surface area contributed by atoms with E-state index in [0.29, 0.717) is 16.9 Å². The van der Waals surface area contributed by atoms with Gasteiger partial charge in [-0.3, -0.25) is 4.79 Å². The minimum atomic E-state index is -0.480. The van der Waals surface area contributed by atoms with Crippen molar-refractivity contribution in [2.45, 2.75) is 38.6 Å². The van der Waals surface area contributed by atoms with Crippen LogP contribution in [-0.4, -0.2) is 11.9 Å². The molecule has 1 aromatic heterocycles. The van der Waals surface area contributed by atoms with E-state index in [1.165, 1.54) is 6.42 Å². The fourth-order valence-corrected chi connectivity index (χ4v) is 4.02. The van der Waals surface area contributed by atoms with E-state index < -0.39 is 5.63 Å². The lowest BCUT2D eigenvalue weighted by Gasteiger charge is -2.29. The summed E-state index contributed by atoms with van der Waals surface area (Å²) >= 11 is 0. The Bertz CT molecular complexity index is 1020. The molecule has 0 bridgehead atoms. The van der Waals surface area contributed by atoms with Gasteiger partial charge in [-0.2, -0.15) is 0 Å². The summed E-state index contributed by atoms with van der Waals surface area (Å²) in [6.07, 6.45) is 4.39. The predicted octanol–water partition coefficient (Wildman–Crippen LogP) is 4.77. The van der Waals surface area contributed by atoms with Gasteiger partial charge in [0, 0.05) is 17.0 Å². The molecule has 0 unspecified atom stereocenters. The lowest BCUT2D eigenvalue weighted by atomic mass is 9.86. The van der Waals surface area contributed by atoms with Crippen LogP contribution in [0.3, 0.4) is 0 Å². The van der Waals surface area contributed by atoms with Gasteiger partial charge in [0.15, 0.2) is 0 Å². The van der Waals surface area contributed by atoms with Crippen molar-refractivity contribution >= 4 is 16.7 Å². The van der Waals surface area contributed by atoms with Crippen LogP contribution >= 0.6 is 0 Å². The summed E-state index contributed by atoms with van der Waals surface area (Å²) in [6, 6.07) is 17.0. The highest BCUT2D eigenvalue weighted by atomic mass is 16.4. The zero-order valence-electron chi connectivity index (χ0n) is 15.4. The van der Waals surface area contributed by atoms with Crippen molar-refractivity contribution in [1.82, 2.24) is 5.32 Å². The topological polar surface area (TPSA) is 59.3 Å². The molecule has 2 aromatic carbocycles. The Hall–Kier alpha value is -2.88. The maximum absolute atomic E-state index is 13.1. The molecule has 27 heavy (non-hydrogen) atoms. The molecule has 1 saturated carbocycles. The Morgan fingerprint density at radius 1 is 0.963 bits per heavy atom. The molecule has 4 heteroatoms. The largest absolute Gasteiger partial charge is 0.416 e. The molecule has 0 aliphatic heterocycles. The van der Waals surface area contributed by atoms with Crippen LogP contribution in [0.5, 0.6) is 0 Å². The van der Waals surface area contributed by atoms with Gasteiger partial charge in [0.25, 0.3) is 5.91 Å². The highest BCUT2D eigenvalue weighted by Crippen LogP contribution is 2.31. The molecule has 0 spiro atoms. The first-order valence-corrected chi connectivity index (χ1v) is 9.57. The monoisotopic (exact) mass is 361 g/mol. The molecule has 0 radical (unpaired) electrons. The number of hydrogen-bond acceptors (Lipinski definition) is 3. The Morgan fingerprint density at radius 2 is 1.63 bits per heavy atom. The minimum absolute atomic E-state index is 0.0997. The molecule has 3 aromatic rings. The second kappa shape index (κ2) is 7.39. The molecule has 4 nitrogen and oxygen atoms in total. The molecule has 138 valence electrons. The van der Waals surface area contributed by atoms with Gasteiger partial charge in [0.05, 0.1) is 5.39 Å². The molecule has 1 aliphatic rings. The molecular weight excluding hydrogens is 338 g/mol. The summed E-state index contributed by atoms with van der Waals surface area (Å²) in [5.74, 6) is 0.216. The highest BCUT2D eigenvalue weighted by Gasteiger charge is 2.27. The van der Waals surface area contributed by atoms with Crippen LogP contribution in [-0.2, 0) is 0 Å². The first kappa shape index (κ1) is 17.5. The Kier molecular flexibility index (Phi) is 4.80. The zero-order chi connectivity index (χ0) is 18.8. The summed E-state index contributed by atoms with van der Waals surface area (Å²) in [7, 11) is 0. The smallest absolute Gasteiger partial charge is 0.344 e. The molecule has 1 N–H and O–H groups in total. The van der Waals surface area contributed by atoms with Gasteiger partial charge < -0.3 is 9.73 Å². The van der Waals surface area contributed by atoms with Crippen molar-refractivity contribution in [2.24, 2.45) is 5.92 Å². The van der Waals surface area contributed by atoms with Gasteiger partial charge in [-0.05, 0) is 30.4 Å². The molecule has 1 amide bonds. The Labute approximate surface area is 158 Å². The van der Waals surface area contributed by atoms with Crippen molar-refractivity contribution < 1.29 is 9.21 Å². The molecular formula is C23H23NO3. The maximum Gasteiger partial charge on any atom is 0.344 e. The second-order valence-electron chi connectivity index (χ2n) is 7.35. The summed E-state index contributed by atoms with van der Waals surface area (Å²) in [6.45, 7) is 2.17. The third kappa shape index (κ3) is 3.39. The highest BCUT2D eigenvalue weighted by molar-refractivity contribution is 6.07. The zero-order valence-corrected chi connectivity index (χ0v) is 15.4. The van der Waals surface area contributed by atoms with Crippen molar-refractivity contribution in [1.29, 1.82) is 0 Å². The quantitative estimate of drug-likeness (QED) is 0.731. The third-order valence-electron chi connectivity index (χ3n) is 5.53. The van der Waals surface area contributed by atoms with E-state index in [9.17, 15) is 9.59 Å². The molecule has 1 heterocycles. The van der Waals surface area contributed by atoms with Crippen molar-refractivity contribution in [2.75, 3.05) is 0 Å². The Morgan fingerprint density at radius 3 is 2.37 bits per heavy atom. The van der Waals surface area contributed by atoms with Crippen LogP contribution in [0.2, 0.25) is 0 Å². The van der Waals surface area contributed by atoms with Crippen molar-refractivity contribution in [3.8, 4) is 11.1 Å². The number of benzene rings is 2. The minimum Gasteiger partial charge on any atom is -0.416 e. The van der Waals surface area contributed by atoms with Crippen LogP contribution in [0.25, 0.3) is 21.9 Å². The molecule has 1 aliphatic carbocycles.